The first-order chi connectivity index (χ1) is 12.2. The number of hydrogen-bond donors (Lipinski definition) is 0. The van der Waals surface area contributed by atoms with E-state index in [4.69, 9.17) is 0 Å². The zero-order chi connectivity index (χ0) is 17.0. The maximum Gasteiger partial charge on any atom is 0.225 e. The summed E-state index contributed by atoms with van der Waals surface area (Å²) in [7, 11) is 0. The van der Waals surface area contributed by atoms with E-state index in [9.17, 15) is 4.79 Å². The smallest absolute Gasteiger partial charge is 0.225 e. The molecule has 128 valence electrons. The van der Waals surface area contributed by atoms with Crippen LogP contribution in [0.1, 0.15) is 42.3 Å². The van der Waals surface area contributed by atoms with Crippen LogP contribution in [0.25, 0.3) is 5.65 Å². The molecule has 0 spiro atoms. The number of hydrogen-bond acceptors (Lipinski definition) is 3. The van der Waals surface area contributed by atoms with Crippen molar-refractivity contribution >= 4 is 11.6 Å². The molecule has 25 heavy (non-hydrogen) atoms. The van der Waals surface area contributed by atoms with Gasteiger partial charge in [-0.15, -0.1) is 0 Å². The van der Waals surface area contributed by atoms with Crippen LogP contribution >= 0.6 is 0 Å². The summed E-state index contributed by atoms with van der Waals surface area (Å²) in [5.41, 5.74) is 4.31. The fourth-order valence-electron chi connectivity index (χ4n) is 4.45. The normalized spacial score (nSPS) is 21.7. The zero-order valence-electron chi connectivity index (χ0n) is 14.3. The highest BCUT2D eigenvalue weighted by Crippen LogP contribution is 2.43. The molecule has 0 saturated carbocycles. The monoisotopic (exact) mass is 335 g/mol. The van der Waals surface area contributed by atoms with Crippen LogP contribution in [0, 0.1) is 6.92 Å². The maximum atomic E-state index is 12.9. The van der Waals surface area contributed by atoms with Gasteiger partial charge in [0.15, 0.2) is 5.65 Å². The lowest BCUT2D eigenvalue weighted by atomic mass is 9.98. The lowest BCUT2D eigenvalue weighted by molar-refractivity contribution is -0.135. The average molecular weight is 335 g/mol. The van der Waals surface area contributed by atoms with Crippen LogP contribution in [-0.4, -0.2) is 36.0 Å². The van der Waals surface area contributed by atoms with Gasteiger partial charge in [0.2, 0.25) is 5.91 Å². The Bertz CT molecular complexity index is 942. The van der Waals surface area contributed by atoms with E-state index in [1.54, 1.807) is 0 Å². The summed E-state index contributed by atoms with van der Waals surface area (Å²) in [6.07, 6.45) is 9.50. The second-order valence-electron chi connectivity index (χ2n) is 7.14. The SMILES string of the molecule is Cc1cc2ncc3c(n2n1)C[C@H]1CC[C@@H]3N1C(=O)CCn1cccc1. The highest BCUT2D eigenvalue weighted by molar-refractivity contribution is 5.78. The number of aryl methyl sites for hydroxylation is 2. The summed E-state index contributed by atoms with van der Waals surface area (Å²) in [5, 5.41) is 4.61. The minimum Gasteiger partial charge on any atom is -0.354 e. The van der Waals surface area contributed by atoms with Crippen LogP contribution in [0.15, 0.2) is 36.8 Å². The summed E-state index contributed by atoms with van der Waals surface area (Å²) >= 11 is 0. The van der Waals surface area contributed by atoms with Crippen LogP contribution in [0.4, 0.5) is 0 Å². The third kappa shape index (κ3) is 2.27. The molecule has 2 aliphatic rings. The molecule has 5 rings (SSSR count). The van der Waals surface area contributed by atoms with Crippen LogP contribution in [0.2, 0.25) is 0 Å². The van der Waals surface area contributed by atoms with Crippen molar-refractivity contribution in [1.82, 2.24) is 24.1 Å². The number of fused-ring (bicyclic) bond motifs is 6. The van der Waals surface area contributed by atoms with Gasteiger partial charge in [-0.25, -0.2) is 9.50 Å². The van der Waals surface area contributed by atoms with E-state index < -0.39 is 0 Å². The van der Waals surface area contributed by atoms with Crippen molar-refractivity contribution < 1.29 is 4.79 Å². The molecule has 1 saturated heterocycles. The zero-order valence-corrected chi connectivity index (χ0v) is 14.3. The van der Waals surface area contributed by atoms with Gasteiger partial charge in [-0.2, -0.15) is 5.10 Å². The lowest BCUT2D eigenvalue weighted by Gasteiger charge is -2.36. The second kappa shape index (κ2) is 5.44. The molecule has 2 bridgehead atoms. The molecule has 0 aliphatic carbocycles. The number of aromatic nitrogens is 4. The van der Waals surface area contributed by atoms with E-state index in [0.29, 0.717) is 12.5 Å². The molecule has 3 aromatic rings. The lowest BCUT2D eigenvalue weighted by Crippen LogP contribution is -2.43. The van der Waals surface area contributed by atoms with E-state index in [2.05, 4.69) is 19.5 Å². The Hall–Kier alpha value is -2.63. The van der Waals surface area contributed by atoms with Crippen molar-refractivity contribution in [3.63, 3.8) is 0 Å². The number of rotatable bonds is 3. The van der Waals surface area contributed by atoms with Gasteiger partial charge in [0, 0.05) is 55.6 Å². The van der Waals surface area contributed by atoms with Gasteiger partial charge in [0.25, 0.3) is 0 Å². The van der Waals surface area contributed by atoms with E-state index in [1.165, 1.54) is 11.3 Å². The summed E-state index contributed by atoms with van der Waals surface area (Å²) in [4.78, 5) is 19.6. The molecule has 1 amide bonds. The van der Waals surface area contributed by atoms with Crippen molar-refractivity contribution in [2.75, 3.05) is 0 Å². The standard InChI is InChI=1S/C19H21N5O/c1-13-10-18-20-12-15-16-5-4-14(11-17(15)24(18)21-13)23(16)19(25)6-9-22-7-2-3-8-22/h2-3,7-8,10,12,14,16H,4-6,9,11H2,1H3/t14-,16+/m1/s1. The number of amides is 1. The molecule has 0 radical (unpaired) electrons. The largest absolute Gasteiger partial charge is 0.354 e. The molecule has 2 atom stereocenters. The minimum absolute atomic E-state index is 0.160. The van der Waals surface area contributed by atoms with Gasteiger partial charge < -0.3 is 9.47 Å². The predicted octanol–water partition coefficient (Wildman–Crippen LogP) is 2.52. The first-order valence-corrected chi connectivity index (χ1v) is 8.97. The molecular formula is C19H21N5O. The van der Waals surface area contributed by atoms with Gasteiger partial charge in [-0.05, 0) is 31.9 Å². The third-order valence-corrected chi connectivity index (χ3v) is 5.57. The summed E-state index contributed by atoms with van der Waals surface area (Å²) in [6, 6.07) is 6.46. The highest BCUT2D eigenvalue weighted by atomic mass is 16.2. The van der Waals surface area contributed by atoms with E-state index in [0.717, 1.165) is 37.1 Å². The van der Waals surface area contributed by atoms with Gasteiger partial charge in [0.05, 0.1) is 17.4 Å². The first kappa shape index (κ1) is 14.7. The maximum absolute atomic E-state index is 12.9. The quantitative estimate of drug-likeness (QED) is 0.739. The molecule has 2 aliphatic heterocycles. The highest BCUT2D eigenvalue weighted by Gasteiger charge is 2.43. The topological polar surface area (TPSA) is 55.4 Å². The molecule has 0 aromatic carbocycles. The van der Waals surface area contributed by atoms with Crippen LogP contribution in [-0.2, 0) is 17.8 Å². The fourth-order valence-corrected chi connectivity index (χ4v) is 4.45. The number of carbonyl (C=O) groups is 1. The molecule has 3 aromatic heterocycles. The van der Waals surface area contributed by atoms with Gasteiger partial charge in [0.1, 0.15) is 0 Å². The van der Waals surface area contributed by atoms with Crippen molar-refractivity contribution in [3.05, 3.63) is 53.7 Å². The van der Waals surface area contributed by atoms with E-state index in [-0.39, 0.29) is 11.9 Å². The molecule has 0 N–H and O–H groups in total. The molecule has 1 fully saturated rings. The minimum atomic E-state index is 0.160. The van der Waals surface area contributed by atoms with Crippen LogP contribution < -0.4 is 0 Å². The molecule has 6 heteroatoms. The van der Waals surface area contributed by atoms with Gasteiger partial charge in [-0.1, -0.05) is 0 Å². The first-order valence-electron chi connectivity index (χ1n) is 8.97. The van der Waals surface area contributed by atoms with E-state index in [1.807, 2.05) is 48.2 Å². The Morgan fingerprint density at radius 1 is 1.28 bits per heavy atom. The van der Waals surface area contributed by atoms with E-state index >= 15 is 0 Å². The number of carbonyl (C=O) groups excluding carboxylic acids is 1. The Kier molecular flexibility index (Phi) is 3.20. The average Bonchev–Trinajstić information content (AvgIpc) is 3.31. The Labute approximate surface area is 146 Å². The third-order valence-electron chi connectivity index (χ3n) is 5.57. The van der Waals surface area contributed by atoms with Crippen LogP contribution in [0.3, 0.4) is 0 Å². The molecule has 5 heterocycles. The van der Waals surface area contributed by atoms with Crippen molar-refractivity contribution in [3.8, 4) is 0 Å². The van der Waals surface area contributed by atoms with Gasteiger partial charge >= 0.3 is 0 Å². The van der Waals surface area contributed by atoms with Crippen LogP contribution in [0.5, 0.6) is 0 Å². The molecular weight excluding hydrogens is 314 g/mol. The summed E-state index contributed by atoms with van der Waals surface area (Å²) in [6.45, 7) is 2.74. The van der Waals surface area contributed by atoms with Crippen molar-refractivity contribution in [2.45, 2.75) is 51.2 Å². The summed E-state index contributed by atoms with van der Waals surface area (Å²) in [5.74, 6) is 0.253. The van der Waals surface area contributed by atoms with Crippen molar-refractivity contribution in [2.24, 2.45) is 0 Å². The second-order valence-corrected chi connectivity index (χ2v) is 7.14. The van der Waals surface area contributed by atoms with Crippen molar-refractivity contribution in [1.29, 1.82) is 0 Å². The fraction of sp³-hybridized carbons (Fsp3) is 0.421. The molecule has 0 unspecified atom stereocenters. The number of nitrogens with zero attached hydrogens (tertiary/aromatic N) is 5. The predicted molar refractivity (Wildman–Crippen MR) is 93.1 cm³/mol. The molecule has 6 nitrogen and oxygen atoms in total. The summed E-state index contributed by atoms with van der Waals surface area (Å²) < 4.78 is 4.05. The van der Waals surface area contributed by atoms with Gasteiger partial charge in [-0.3, -0.25) is 4.79 Å². The Morgan fingerprint density at radius 2 is 2.12 bits per heavy atom. The Morgan fingerprint density at radius 3 is 2.96 bits per heavy atom. The Balaban J connectivity index is 1.45.